The Bertz CT molecular complexity index is 729. The summed E-state index contributed by atoms with van der Waals surface area (Å²) in [5.41, 5.74) is 5.93. The van der Waals surface area contributed by atoms with Crippen LogP contribution in [0.1, 0.15) is 11.1 Å². The second-order valence-corrected chi connectivity index (χ2v) is 5.19. The molecule has 106 valence electrons. The molecule has 3 nitrogen and oxygen atoms in total. The Hall–Kier alpha value is -2.39. The van der Waals surface area contributed by atoms with Gasteiger partial charge >= 0.3 is 0 Å². The normalized spacial score (nSPS) is 10.8. The molecule has 0 radical (unpaired) electrons. The fourth-order valence-electron chi connectivity index (χ4n) is 2.45. The van der Waals surface area contributed by atoms with Crippen molar-refractivity contribution in [2.75, 3.05) is 7.05 Å². The van der Waals surface area contributed by atoms with Gasteiger partial charge in [-0.15, -0.1) is 0 Å². The predicted octanol–water partition coefficient (Wildman–Crippen LogP) is 3.57. The van der Waals surface area contributed by atoms with Gasteiger partial charge in [-0.3, -0.25) is 0 Å². The molecule has 0 aliphatic heterocycles. The van der Waals surface area contributed by atoms with Crippen molar-refractivity contribution in [2.24, 2.45) is 0 Å². The van der Waals surface area contributed by atoms with E-state index in [0.29, 0.717) is 0 Å². The predicted molar refractivity (Wildman–Crippen MR) is 86.5 cm³/mol. The van der Waals surface area contributed by atoms with Crippen LogP contribution in [0.3, 0.4) is 0 Å². The van der Waals surface area contributed by atoms with Gasteiger partial charge in [0.05, 0.1) is 11.9 Å². The Morgan fingerprint density at radius 1 is 1.05 bits per heavy atom. The van der Waals surface area contributed by atoms with Crippen molar-refractivity contribution >= 4 is 0 Å². The Balaban J connectivity index is 1.98. The first-order valence-corrected chi connectivity index (χ1v) is 7.12. The molecule has 0 saturated heterocycles. The Morgan fingerprint density at radius 3 is 2.62 bits per heavy atom. The van der Waals surface area contributed by atoms with Gasteiger partial charge in [-0.2, -0.15) is 5.10 Å². The molecule has 0 fully saturated rings. The first-order chi connectivity index (χ1) is 10.3. The van der Waals surface area contributed by atoms with Crippen LogP contribution in [0.4, 0.5) is 0 Å². The molecule has 3 rings (SSSR count). The van der Waals surface area contributed by atoms with Crippen LogP contribution in [-0.4, -0.2) is 16.8 Å². The summed E-state index contributed by atoms with van der Waals surface area (Å²) in [7, 11) is 1.96. The van der Waals surface area contributed by atoms with Crippen molar-refractivity contribution in [2.45, 2.75) is 13.5 Å². The molecule has 3 heteroatoms. The second-order valence-electron chi connectivity index (χ2n) is 5.19. The van der Waals surface area contributed by atoms with E-state index in [1.165, 1.54) is 16.7 Å². The average molecular weight is 277 g/mol. The summed E-state index contributed by atoms with van der Waals surface area (Å²) in [5.74, 6) is 0. The Morgan fingerprint density at radius 2 is 1.86 bits per heavy atom. The molecule has 0 atom stereocenters. The van der Waals surface area contributed by atoms with Crippen LogP contribution in [0.5, 0.6) is 0 Å². The van der Waals surface area contributed by atoms with Crippen LogP contribution in [0.25, 0.3) is 16.8 Å². The zero-order valence-corrected chi connectivity index (χ0v) is 12.4. The molecular weight excluding hydrogens is 258 g/mol. The van der Waals surface area contributed by atoms with E-state index in [1.807, 2.05) is 36.1 Å². The maximum absolute atomic E-state index is 4.52. The van der Waals surface area contributed by atoms with Crippen LogP contribution in [0.2, 0.25) is 0 Å². The van der Waals surface area contributed by atoms with E-state index in [9.17, 15) is 0 Å². The summed E-state index contributed by atoms with van der Waals surface area (Å²) >= 11 is 0. The van der Waals surface area contributed by atoms with E-state index in [4.69, 9.17) is 0 Å². The van der Waals surface area contributed by atoms with Crippen molar-refractivity contribution in [1.82, 2.24) is 15.1 Å². The minimum Gasteiger partial charge on any atom is -0.316 e. The number of nitrogens with zero attached hydrogens (tertiary/aromatic N) is 2. The SMILES string of the molecule is CNCc1ccc(C)c(-n2cc(-c3ccccc3)cn2)c1. The molecule has 3 aromatic rings. The van der Waals surface area contributed by atoms with E-state index in [2.05, 4.69) is 53.9 Å². The van der Waals surface area contributed by atoms with Gasteiger partial charge in [0.2, 0.25) is 0 Å². The van der Waals surface area contributed by atoms with Crippen molar-refractivity contribution < 1.29 is 0 Å². The maximum Gasteiger partial charge on any atom is 0.0678 e. The number of aryl methyl sites for hydroxylation is 1. The highest BCUT2D eigenvalue weighted by Crippen LogP contribution is 2.21. The first-order valence-electron chi connectivity index (χ1n) is 7.12. The largest absolute Gasteiger partial charge is 0.316 e. The van der Waals surface area contributed by atoms with E-state index >= 15 is 0 Å². The molecular formula is C18H19N3. The fraction of sp³-hybridized carbons (Fsp3) is 0.167. The highest BCUT2D eigenvalue weighted by atomic mass is 15.3. The van der Waals surface area contributed by atoms with Crippen LogP contribution in [0.15, 0.2) is 60.9 Å². The monoisotopic (exact) mass is 277 g/mol. The number of aromatic nitrogens is 2. The number of nitrogens with one attached hydrogen (secondary N) is 1. The summed E-state index contributed by atoms with van der Waals surface area (Å²) in [6.45, 7) is 2.97. The van der Waals surface area contributed by atoms with Gasteiger partial charge in [0.1, 0.15) is 0 Å². The minimum atomic E-state index is 0.861. The van der Waals surface area contributed by atoms with Crippen molar-refractivity contribution in [1.29, 1.82) is 0 Å². The van der Waals surface area contributed by atoms with Crippen molar-refractivity contribution in [3.8, 4) is 16.8 Å². The molecule has 0 saturated carbocycles. The van der Waals surface area contributed by atoms with Crippen LogP contribution >= 0.6 is 0 Å². The van der Waals surface area contributed by atoms with Crippen LogP contribution in [0, 0.1) is 6.92 Å². The number of benzene rings is 2. The lowest BCUT2D eigenvalue weighted by atomic mass is 10.1. The zero-order valence-electron chi connectivity index (χ0n) is 12.4. The van der Waals surface area contributed by atoms with Gasteiger partial charge < -0.3 is 5.32 Å². The highest BCUT2D eigenvalue weighted by Gasteiger charge is 2.06. The van der Waals surface area contributed by atoms with Crippen LogP contribution in [-0.2, 0) is 6.54 Å². The van der Waals surface area contributed by atoms with Crippen LogP contribution < -0.4 is 5.32 Å². The fourth-order valence-corrected chi connectivity index (χ4v) is 2.45. The number of rotatable bonds is 4. The molecule has 0 spiro atoms. The Labute approximate surface area is 125 Å². The van der Waals surface area contributed by atoms with Gasteiger partial charge in [0.15, 0.2) is 0 Å². The molecule has 0 amide bonds. The summed E-state index contributed by atoms with van der Waals surface area (Å²) in [4.78, 5) is 0. The first kappa shape index (κ1) is 13.6. The lowest BCUT2D eigenvalue weighted by Gasteiger charge is -2.08. The third kappa shape index (κ3) is 2.88. The minimum absolute atomic E-state index is 0.861. The lowest BCUT2D eigenvalue weighted by Crippen LogP contribution is -2.06. The van der Waals surface area contributed by atoms with Gasteiger partial charge in [0.25, 0.3) is 0 Å². The molecule has 2 aromatic carbocycles. The highest BCUT2D eigenvalue weighted by molar-refractivity contribution is 5.62. The summed E-state index contributed by atoms with van der Waals surface area (Å²) in [5, 5.41) is 7.70. The van der Waals surface area contributed by atoms with Crippen molar-refractivity contribution in [3.05, 3.63) is 72.1 Å². The quantitative estimate of drug-likeness (QED) is 0.790. The molecule has 1 heterocycles. The van der Waals surface area contributed by atoms with Crippen molar-refractivity contribution in [3.63, 3.8) is 0 Å². The summed E-state index contributed by atoms with van der Waals surface area (Å²) < 4.78 is 1.96. The van der Waals surface area contributed by atoms with E-state index in [0.717, 1.165) is 17.8 Å². The third-order valence-electron chi connectivity index (χ3n) is 3.59. The topological polar surface area (TPSA) is 29.9 Å². The molecule has 0 bridgehead atoms. The molecule has 0 aliphatic carbocycles. The third-order valence-corrected chi connectivity index (χ3v) is 3.59. The standard InChI is InChI=1S/C18H19N3/c1-14-8-9-15(11-19-2)10-18(14)21-13-17(12-20-21)16-6-4-3-5-7-16/h3-10,12-13,19H,11H2,1-2H3. The molecule has 21 heavy (non-hydrogen) atoms. The van der Waals surface area contributed by atoms with E-state index in [-0.39, 0.29) is 0 Å². The maximum atomic E-state index is 4.52. The summed E-state index contributed by atoms with van der Waals surface area (Å²) in [6.07, 6.45) is 4.00. The van der Waals surface area contributed by atoms with Gasteiger partial charge in [-0.1, -0.05) is 42.5 Å². The molecule has 0 unspecified atom stereocenters. The summed E-state index contributed by atoms with van der Waals surface area (Å²) in [6, 6.07) is 16.8. The molecule has 0 aliphatic rings. The smallest absolute Gasteiger partial charge is 0.0678 e. The van der Waals surface area contributed by atoms with Gasteiger partial charge in [-0.05, 0) is 36.7 Å². The van der Waals surface area contributed by atoms with Gasteiger partial charge in [0, 0.05) is 18.3 Å². The molecule has 1 N–H and O–H groups in total. The second kappa shape index (κ2) is 5.94. The number of hydrogen-bond donors (Lipinski definition) is 1. The van der Waals surface area contributed by atoms with Gasteiger partial charge in [-0.25, -0.2) is 4.68 Å². The average Bonchev–Trinajstić information content (AvgIpc) is 3.00. The Kier molecular flexibility index (Phi) is 3.84. The number of hydrogen-bond acceptors (Lipinski definition) is 2. The zero-order chi connectivity index (χ0) is 14.7. The van der Waals surface area contributed by atoms with E-state index < -0.39 is 0 Å². The molecule has 1 aromatic heterocycles. The lowest BCUT2D eigenvalue weighted by molar-refractivity contribution is 0.809. The van der Waals surface area contributed by atoms with E-state index in [1.54, 1.807) is 0 Å².